The van der Waals surface area contributed by atoms with Crippen LogP contribution >= 0.6 is 11.8 Å². The average Bonchev–Trinajstić information content (AvgIpc) is 1.63. The minimum atomic E-state index is -1.78. The fourth-order valence-corrected chi connectivity index (χ4v) is 18.2. The average molecular weight is 1920 g/mol. The molecule has 0 saturated carbocycles. The number of fused-ring (bicyclic) bond motifs is 4. The number of aliphatic carboxylic acids is 1. The highest BCUT2D eigenvalue weighted by molar-refractivity contribution is 8.00. The van der Waals surface area contributed by atoms with Crippen LogP contribution in [0.15, 0.2) is 109 Å². The minimum Gasteiger partial charge on any atom is -0.508 e. The number of rotatable bonds is 27. The molecule has 7 heterocycles. The monoisotopic (exact) mass is 1920 g/mol. The predicted molar refractivity (Wildman–Crippen MR) is 499 cm³/mol. The van der Waals surface area contributed by atoms with Crippen molar-refractivity contribution in [3.63, 3.8) is 0 Å². The normalized spacial score (nSPS) is 24.9. The second kappa shape index (κ2) is 49.5. The summed E-state index contributed by atoms with van der Waals surface area (Å²) in [6.45, 7) is 3.80. The van der Waals surface area contributed by atoms with E-state index in [1.165, 1.54) is 64.9 Å². The lowest BCUT2D eigenvalue weighted by Crippen LogP contribution is -2.61. The molecule has 137 heavy (non-hydrogen) atoms. The van der Waals surface area contributed by atoms with E-state index in [0.29, 0.717) is 64.2 Å². The van der Waals surface area contributed by atoms with Crippen molar-refractivity contribution in [3.05, 3.63) is 131 Å². The number of phenols is 1. The van der Waals surface area contributed by atoms with Gasteiger partial charge in [0.05, 0.1) is 30.4 Å². The van der Waals surface area contributed by atoms with Crippen LogP contribution in [0.5, 0.6) is 5.75 Å². The molecule has 4 aliphatic heterocycles. The highest BCUT2D eigenvalue weighted by Crippen LogP contribution is 2.36. The van der Waals surface area contributed by atoms with Crippen LogP contribution in [0.1, 0.15) is 152 Å². The quantitative estimate of drug-likeness (QED) is 0.0242. The summed E-state index contributed by atoms with van der Waals surface area (Å²) in [6.07, 6.45) is 2.06. The smallest absolute Gasteiger partial charge is 0.303 e. The number of allylic oxidation sites excluding steroid dienone is 1. The first-order valence-corrected chi connectivity index (χ1v) is 47.0. The summed E-state index contributed by atoms with van der Waals surface area (Å²) in [6, 6.07) is -2.17. The van der Waals surface area contributed by atoms with Gasteiger partial charge in [0.2, 0.25) is 94.5 Å². The molecule has 0 radical (unpaired) electrons. The Hall–Kier alpha value is -14.0. The van der Waals surface area contributed by atoms with Crippen molar-refractivity contribution in [2.45, 2.75) is 246 Å². The number of nitrogens with zero attached hydrogens (tertiary/aromatic N) is 6. The van der Waals surface area contributed by atoms with Crippen LogP contribution in [0, 0.1) is 0 Å². The second-order valence-corrected chi connectivity index (χ2v) is 36.0. The third kappa shape index (κ3) is 28.1. The van der Waals surface area contributed by atoms with Crippen molar-refractivity contribution in [1.29, 1.82) is 0 Å². The number of nitrogens with two attached hydrogens (primary N) is 4. The van der Waals surface area contributed by atoms with Gasteiger partial charge in [-0.2, -0.15) is 0 Å². The van der Waals surface area contributed by atoms with Gasteiger partial charge >= 0.3 is 5.97 Å². The number of benzene rings is 3. The van der Waals surface area contributed by atoms with Gasteiger partial charge in [-0.1, -0.05) is 88.1 Å². The van der Waals surface area contributed by atoms with Gasteiger partial charge in [-0.3, -0.25) is 86.3 Å². The molecule has 3 aromatic carbocycles. The number of unbranched alkanes of at least 4 members (excludes halogenated alkanes) is 3. The summed E-state index contributed by atoms with van der Waals surface area (Å²) < 4.78 is 0. The number of aliphatic hydroxyl groups excluding tert-OH is 1. The first-order valence-electron chi connectivity index (χ1n) is 45.9. The summed E-state index contributed by atoms with van der Waals surface area (Å²) >= 11 is 0.729. The van der Waals surface area contributed by atoms with Crippen molar-refractivity contribution in [3.8, 4) is 5.75 Å². The number of hydrogen-bond acceptors (Lipinski definition) is 24. The third-order valence-corrected chi connectivity index (χ3v) is 26.1. The number of amides is 17. The number of aromatic amines is 3. The number of phenolic OH excluding ortho intramolecular Hbond substituents is 1. The van der Waals surface area contributed by atoms with Crippen molar-refractivity contribution in [2.75, 3.05) is 52.3 Å². The Kier molecular flexibility index (Phi) is 38.0. The summed E-state index contributed by atoms with van der Waals surface area (Å²) in [5.41, 5.74) is 27.1. The van der Waals surface area contributed by atoms with Gasteiger partial charge in [-0.25, -0.2) is 4.98 Å². The lowest BCUT2D eigenvalue weighted by atomic mass is 9.99. The van der Waals surface area contributed by atoms with E-state index in [9.17, 15) is 63.3 Å². The van der Waals surface area contributed by atoms with Crippen molar-refractivity contribution >= 4 is 140 Å². The third-order valence-electron chi connectivity index (χ3n) is 25.1. The molecule has 740 valence electrons. The van der Waals surface area contributed by atoms with Crippen LogP contribution in [0.25, 0.3) is 21.8 Å². The van der Waals surface area contributed by atoms with E-state index in [1.54, 1.807) is 67.8 Å². The number of primary amides is 2. The molecule has 3 aromatic heterocycles. The van der Waals surface area contributed by atoms with Crippen molar-refractivity contribution < 1.29 is 102 Å². The Bertz CT molecular complexity index is 5420. The van der Waals surface area contributed by atoms with Crippen LogP contribution < -0.4 is 76.1 Å². The molecule has 44 nitrogen and oxygen atoms in total. The molecule has 15 atom stereocenters. The van der Waals surface area contributed by atoms with E-state index >= 15 is 38.4 Å². The van der Waals surface area contributed by atoms with Gasteiger partial charge < -0.3 is 131 Å². The maximum absolute atomic E-state index is 15.9. The molecule has 45 heteroatoms. The number of aromatic nitrogens is 4. The molecule has 3 saturated heterocycles. The molecule has 17 amide bonds. The van der Waals surface area contributed by atoms with Crippen molar-refractivity contribution in [2.24, 2.45) is 22.9 Å². The number of nitrogens with one attached hydrogen (secondary N) is 13. The highest BCUT2D eigenvalue weighted by atomic mass is 32.2. The molecule has 0 spiro atoms. The first-order chi connectivity index (χ1) is 65.4. The zero-order valence-corrected chi connectivity index (χ0v) is 78.2. The number of H-pyrrole nitrogens is 3. The predicted octanol–water partition coefficient (Wildman–Crippen LogP) is -2.27. The van der Waals surface area contributed by atoms with Gasteiger partial charge in [0.25, 0.3) is 5.91 Å². The lowest BCUT2D eigenvalue weighted by Gasteiger charge is -2.36. The summed E-state index contributed by atoms with van der Waals surface area (Å²) in [7, 11) is 3.91. The van der Waals surface area contributed by atoms with Crippen LogP contribution in [0.2, 0.25) is 0 Å². The van der Waals surface area contributed by atoms with Crippen LogP contribution in [-0.4, -0.2) is 309 Å². The van der Waals surface area contributed by atoms with Crippen LogP contribution in [-0.2, 0) is 112 Å². The zero-order chi connectivity index (χ0) is 99.6. The molecule has 4 aliphatic rings. The van der Waals surface area contributed by atoms with E-state index < -0.39 is 254 Å². The number of carboxylic acids is 1. The number of likely N-dealkylation sites (N-methyl/N-ethyl adjacent to an activating group) is 3. The number of hydrogen-bond donors (Lipinski definition) is 20. The number of imidazole rings is 1. The molecular weight excluding hydrogens is 1800 g/mol. The van der Waals surface area contributed by atoms with Crippen LogP contribution in [0.4, 0.5) is 0 Å². The second-order valence-electron chi connectivity index (χ2n) is 35.0. The highest BCUT2D eigenvalue weighted by Gasteiger charge is 2.49. The Balaban J connectivity index is 1.03. The summed E-state index contributed by atoms with van der Waals surface area (Å²) in [4.78, 5) is 282. The maximum Gasteiger partial charge on any atom is 0.303 e. The maximum atomic E-state index is 15.9. The van der Waals surface area contributed by atoms with E-state index in [4.69, 9.17) is 22.9 Å². The number of aliphatic hydroxyl groups is 1. The Morgan fingerprint density at radius 3 is 1.70 bits per heavy atom. The van der Waals surface area contributed by atoms with Gasteiger partial charge in [0, 0.05) is 137 Å². The number of para-hydroxylation sites is 2. The Morgan fingerprint density at radius 1 is 0.540 bits per heavy atom. The topological polar surface area (TPSA) is 669 Å². The minimum absolute atomic E-state index is 0.0239. The molecule has 24 N–H and O–H groups in total. The van der Waals surface area contributed by atoms with Crippen molar-refractivity contribution in [1.82, 2.24) is 97.6 Å². The molecule has 6 aromatic rings. The number of aromatic hydroxyl groups is 1. The molecule has 3 fully saturated rings. The van der Waals surface area contributed by atoms with Gasteiger partial charge in [-0.05, 0) is 112 Å². The van der Waals surface area contributed by atoms with Gasteiger partial charge in [0.1, 0.15) is 90.3 Å². The molecule has 0 unspecified atom stereocenters. The van der Waals surface area contributed by atoms with Gasteiger partial charge in [0.15, 0.2) is 0 Å². The summed E-state index contributed by atoms with van der Waals surface area (Å²) in [5, 5.41) is 59.6. The summed E-state index contributed by atoms with van der Waals surface area (Å²) in [5.74, 6) is -18.6. The number of carboxylic acid groups (broad SMARTS) is 1. The SMILES string of the molecule is CCCC[C@H]1C(=O)N(C)[C@@H](CCCC)C(=O)N[C@@H](CCC(=O)O)C(=O)N[C@H](C(=O)NCC(N)=O)CSCC(=O)N[C@@H](Cc2ccc(O)cc2)C(=O)N(C)[C@@H](C)C(=O)N[C@H]2CC(N)=C3CC[C@@H](C(=O)N[C@@H](Cc4c[nH]cn4)C(=O)N[C@@H](CCC(N)=O)C(=O)N4C[C@H](O)C[C@H]4C(=O)N[C@@H](Cc4c[nH]c5ccccc45)C(=O)N[C@@H](CCCCN)C(=O)N[C@@H](Cc4c[nH]c5ccccc45)C(=O)N1C)N3C2=O. The number of thioether (sulfide) groups is 1. The Labute approximate surface area is 794 Å². The van der Waals surface area contributed by atoms with E-state index in [-0.39, 0.29) is 106 Å². The van der Waals surface area contributed by atoms with Crippen LogP contribution in [0.3, 0.4) is 0 Å². The van der Waals surface area contributed by atoms with Gasteiger partial charge in [-0.15, -0.1) is 11.8 Å². The molecule has 0 aliphatic carbocycles. The standard InChI is InChI=1S/C92H125N23O21S/c1-7-9-22-71-85(129)104-62(29-33-78(121)122)82(126)110-69(80(124)100-44-76(96)119)46-137-47-77(120)102-66(35-50-24-26-54(116)27-25-50)88(132)111(4)49(3)79(123)108-68-40-58(94)70-30-31-72(115(70)91(68)135)86(130)107-65(38-53-43-97-48-101-53)84(128)105-63(28-32-75(95)118)90(134)114-45-55(117)39-74(114)87(131)106-64(36-51-41-98-59-19-13-11-17-56(51)59)83(127)103-61(21-15-16-34-93)81(125)109-67(37-52-42-99-60-20-14-12-18-57(52)60)89(133)113(6)73(23-10-8-2)92(136)112(71)5/h11-14,17-20,24-27,41-43,48-49,55,61-69,71-74,98-99,116-117H,7-10,15-16,21-23,28-40,44-47,93-94H2,1-6H3,(H2,95,118)(H2,96,119)(H,97,101)(H,100,124)(H,102,120)(H,103,127)(H,104,129)(H,105,128)(H,106,131)(H,107,130)(H,108,123)(H,109,125)(H,110,126)(H,121,122)/t49-,55+,61-,62-,63-,64-,65-,66-,67-,68-,69-,71-,72-,73-,74-/m0/s1. The van der Waals surface area contributed by atoms with E-state index in [1.807, 2.05) is 6.92 Å². The zero-order valence-electron chi connectivity index (χ0n) is 77.4. The molecule has 10 rings (SSSR count). The van der Waals surface area contributed by atoms with E-state index in [2.05, 4.69) is 73.1 Å². The fraction of sp³-hybridized carbons (Fsp3) is 0.511. The lowest BCUT2D eigenvalue weighted by molar-refractivity contribution is -0.149. The number of carbonyl (C=O) groups excluding carboxylic acids is 17. The first kappa shape index (κ1) is 105. The number of carbonyl (C=O) groups is 18. The van der Waals surface area contributed by atoms with E-state index in [0.717, 1.165) is 36.3 Å². The molecule has 2 bridgehead atoms. The Morgan fingerprint density at radius 2 is 1.09 bits per heavy atom. The fourth-order valence-electron chi connectivity index (χ4n) is 17.3. The molecular formula is C92H125N23O21S. The largest absolute Gasteiger partial charge is 0.508 e.